The zero-order chi connectivity index (χ0) is 12.3. The Balaban J connectivity index is 2.81. The molecule has 1 aromatic carbocycles. The van der Waals surface area contributed by atoms with E-state index in [0.29, 0.717) is 5.69 Å². The van der Waals surface area contributed by atoms with Crippen molar-refractivity contribution in [3.63, 3.8) is 0 Å². The molecule has 0 aliphatic heterocycles. The van der Waals surface area contributed by atoms with E-state index in [4.69, 9.17) is 11.6 Å². The number of hydrogen-bond acceptors (Lipinski definition) is 2. The number of carbonyl (C=O) groups is 1. The molecule has 0 spiro atoms. The minimum Gasteiger partial charge on any atom is -0.504 e. The Kier molecular flexibility index (Phi) is 4.62. The van der Waals surface area contributed by atoms with Gasteiger partial charge in [-0.3, -0.25) is 4.79 Å². The molecule has 5 heteroatoms. The molecule has 0 fully saturated rings. The Morgan fingerprint density at radius 2 is 2.12 bits per heavy atom. The first kappa shape index (κ1) is 13.3. The Morgan fingerprint density at radius 3 is 2.69 bits per heavy atom. The van der Waals surface area contributed by atoms with Crippen LogP contribution >= 0.6 is 27.5 Å². The third kappa shape index (κ3) is 3.12. The molecule has 1 rings (SSSR count). The summed E-state index contributed by atoms with van der Waals surface area (Å²) in [5.74, 6) is -0.144. The van der Waals surface area contributed by atoms with E-state index in [2.05, 4.69) is 21.2 Å². The molecule has 1 amide bonds. The van der Waals surface area contributed by atoms with Gasteiger partial charge >= 0.3 is 0 Å². The van der Waals surface area contributed by atoms with Gasteiger partial charge in [-0.05, 0) is 18.1 Å². The molecule has 1 aromatic rings. The minimum atomic E-state index is -0.300. The summed E-state index contributed by atoms with van der Waals surface area (Å²) < 4.78 is 0. The van der Waals surface area contributed by atoms with Gasteiger partial charge in [0.15, 0.2) is 5.75 Å². The summed E-state index contributed by atoms with van der Waals surface area (Å²) in [6.45, 7) is 3.85. The van der Waals surface area contributed by atoms with Crippen LogP contribution in [0.2, 0.25) is 5.02 Å². The first-order valence-electron chi connectivity index (χ1n) is 4.86. The number of phenols is 1. The van der Waals surface area contributed by atoms with Crippen LogP contribution in [0.5, 0.6) is 5.75 Å². The van der Waals surface area contributed by atoms with Gasteiger partial charge in [-0.15, -0.1) is 0 Å². The van der Waals surface area contributed by atoms with Gasteiger partial charge in [0.25, 0.3) is 0 Å². The third-order valence-electron chi connectivity index (χ3n) is 2.08. The minimum absolute atomic E-state index is 0.110. The predicted molar refractivity (Wildman–Crippen MR) is 69.3 cm³/mol. The summed E-state index contributed by atoms with van der Waals surface area (Å²) in [4.78, 5) is 11.4. The van der Waals surface area contributed by atoms with Crippen LogP contribution in [0.15, 0.2) is 18.2 Å². The van der Waals surface area contributed by atoms with Crippen molar-refractivity contribution in [3.8, 4) is 5.75 Å². The number of aromatic hydroxyl groups is 1. The number of para-hydroxylation sites is 1. The molecule has 0 aromatic heterocycles. The van der Waals surface area contributed by atoms with E-state index in [1.807, 2.05) is 13.8 Å². The molecule has 2 N–H and O–H groups in total. The normalized spacial score (nSPS) is 12.6. The maximum atomic E-state index is 11.7. The molecule has 0 aliphatic rings. The van der Waals surface area contributed by atoms with Gasteiger partial charge in [0.2, 0.25) is 5.91 Å². The molecule has 0 saturated carbocycles. The van der Waals surface area contributed by atoms with Gasteiger partial charge in [0.1, 0.15) is 0 Å². The van der Waals surface area contributed by atoms with Crippen LogP contribution in [0.1, 0.15) is 13.8 Å². The highest BCUT2D eigenvalue weighted by Crippen LogP contribution is 2.31. The molecular weight excluding hydrogens is 293 g/mol. The van der Waals surface area contributed by atoms with Crippen LogP contribution < -0.4 is 5.32 Å². The second-order valence-electron chi connectivity index (χ2n) is 3.77. The molecular formula is C11H13BrClNO2. The van der Waals surface area contributed by atoms with Gasteiger partial charge in [0, 0.05) is 0 Å². The van der Waals surface area contributed by atoms with Crippen molar-refractivity contribution in [3.05, 3.63) is 23.2 Å². The highest BCUT2D eigenvalue weighted by atomic mass is 79.9. The van der Waals surface area contributed by atoms with E-state index in [-0.39, 0.29) is 27.4 Å². The number of amides is 1. The molecule has 0 bridgehead atoms. The summed E-state index contributed by atoms with van der Waals surface area (Å²) in [5.41, 5.74) is 0.322. The maximum Gasteiger partial charge on any atom is 0.238 e. The van der Waals surface area contributed by atoms with Crippen molar-refractivity contribution >= 4 is 39.1 Å². The van der Waals surface area contributed by atoms with E-state index in [1.165, 1.54) is 0 Å². The van der Waals surface area contributed by atoms with Crippen molar-refractivity contribution in [2.24, 2.45) is 5.92 Å². The zero-order valence-electron chi connectivity index (χ0n) is 9.00. The summed E-state index contributed by atoms with van der Waals surface area (Å²) in [5, 5.41) is 12.4. The van der Waals surface area contributed by atoms with Crippen LogP contribution in [0, 0.1) is 5.92 Å². The molecule has 16 heavy (non-hydrogen) atoms. The number of carbonyl (C=O) groups excluding carboxylic acids is 1. The maximum absolute atomic E-state index is 11.7. The van der Waals surface area contributed by atoms with E-state index < -0.39 is 0 Å². The lowest BCUT2D eigenvalue weighted by atomic mass is 10.1. The molecule has 88 valence electrons. The number of hydrogen-bond donors (Lipinski definition) is 2. The fourth-order valence-corrected chi connectivity index (χ4v) is 1.41. The van der Waals surface area contributed by atoms with Crippen molar-refractivity contribution in [2.75, 3.05) is 5.32 Å². The first-order valence-corrected chi connectivity index (χ1v) is 6.15. The molecule has 0 heterocycles. The van der Waals surface area contributed by atoms with Gasteiger partial charge in [0.05, 0.1) is 15.5 Å². The summed E-state index contributed by atoms with van der Waals surface area (Å²) in [6, 6.07) is 4.82. The lowest BCUT2D eigenvalue weighted by molar-refractivity contribution is -0.116. The highest BCUT2D eigenvalue weighted by molar-refractivity contribution is 9.10. The van der Waals surface area contributed by atoms with Gasteiger partial charge < -0.3 is 10.4 Å². The predicted octanol–water partition coefficient (Wildman–Crippen LogP) is 3.40. The zero-order valence-corrected chi connectivity index (χ0v) is 11.3. The average Bonchev–Trinajstić information content (AvgIpc) is 2.23. The third-order valence-corrected chi connectivity index (χ3v) is 3.86. The molecule has 3 nitrogen and oxygen atoms in total. The van der Waals surface area contributed by atoms with Gasteiger partial charge in [-0.1, -0.05) is 47.4 Å². The highest BCUT2D eigenvalue weighted by Gasteiger charge is 2.19. The largest absolute Gasteiger partial charge is 0.504 e. The number of anilines is 1. The summed E-state index contributed by atoms with van der Waals surface area (Å²) in [6.07, 6.45) is 0. The van der Waals surface area contributed by atoms with Gasteiger partial charge in [-0.2, -0.15) is 0 Å². The lowest BCUT2D eigenvalue weighted by Crippen LogP contribution is -2.27. The Morgan fingerprint density at radius 1 is 1.50 bits per heavy atom. The fourth-order valence-electron chi connectivity index (χ4n) is 1.12. The number of nitrogens with one attached hydrogen (secondary N) is 1. The Bertz CT molecular complexity index is 396. The van der Waals surface area contributed by atoms with Crippen LogP contribution in [-0.4, -0.2) is 15.8 Å². The topological polar surface area (TPSA) is 49.3 Å². The molecule has 0 aliphatic carbocycles. The standard InChI is InChI=1S/C11H13BrClNO2/c1-6(2)9(12)11(16)14-8-5-3-4-7(13)10(8)15/h3-6,9,15H,1-2H3,(H,14,16). The average molecular weight is 307 g/mol. The van der Waals surface area contributed by atoms with E-state index >= 15 is 0 Å². The van der Waals surface area contributed by atoms with Crippen LogP contribution in [0.25, 0.3) is 0 Å². The SMILES string of the molecule is CC(C)C(Br)C(=O)Nc1cccc(Cl)c1O. The van der Waals surface area contributed by atoms with E-state index in [0.717, 1.165) is 0 Å². The van der Waals surface area contributed by atoms with Crippen molar-refractivity contribution in [2.45, 2.75) is 18.7 Å². The Hall–Kier alpha value is -0.740. The van der Waals surface area contributed by atoms with Crippen molar-refractivity contribution in [1.82, 2.24) is 0 Å². The van der Waals surface area contributed by atoms with Crippen LogP contribution in [0.4, 0.5) is 5.69 Å². The second kappa shape index (κ2) is 5.55. The second-order valence-corrected chi connectivity index (χ2v) is 5.16. The number of phenolic OH excluding ortho intramolecular Hbond substituents is 1. The number of halogens is 2. The quantitative estimate of drug-likeness (QED) is 0.664. The molecule has 0 radical (unpaired) electrons. The first-order chi connectivity index (χ1) is 7.43. The monoisotopic (exact) mass is 305 g/mol. The fraction of sp³-hybridized carbons (Fsp3) is 0.364. The summed E-state index contributed by atoms with van der Waals surface area (Å²) in [7, 11) is 0. The van der Waals surface area contributed by atoms with E-state index in [9.17, 15) is 9.90 Å². The van der Waals surface area contributed by atoms with Gasteiger partial charge in [-0.25, -0.2) is 0 Å². The summed E-state index contributed by atoms with van der Waals surface area (Å²) >= 11 is 9.01. The van der Waals surface area contributed by atoms with Crippen LogP contribution in [0.3, 0.4) is 0 Å². The number of rotatable bonds is 3. The van der Waals surface area contributed by atoms with Crippen LogP contribution in [-0.2, 0) is 4.79 Å². The molecule has 1 atom stereocenters. The van der Waals surface area contributed by atoms with Crippen molar-refractivity contribution in [1.29, 1.82) is 0 Å². The Labute approximate surface area is 108 Å². The smallest absolute Gasteiger partial charge is 0.238 e. The number of benzene rings is 1. The number of alkyl halides is 1. The van der Waals surface area contributed by atoms with Crippen molar-refractivity contribution < 1.29 is 9.90 Å². The molecule has 0 saturated heterocycles. The van der Waals surface area contributed by atoms with E-state index in [1.54, 1.807) is 18.2 Å². The molecule has 1 unspecified atom stereocenters. The lowest BCUT2D eigenvalue weighted by Gasteiger charge is -2.14.